The van der Waals surface area contributed by atoms with Crippen LogP contribution in [0.1, 0.15) is 34.3 Å². The Balaban J connectivity index is 1.58. The highest BCUT2D eigenvalue weighted by atomic mass is 19.1. The van der Waals surface area contributed by atoms with E-state index in [1.807, 2.05) is 13.0 Å². The number of fused-ring (bicyclic) bond motifs is 2. The van der Waals surface area contributed by atoms with Crippen LogP contribution >= 0.6 is 0 Å². The lowest BCUT2D eigenvalue weighted by atomic mass is 10.1. The van der Waals surface area contributed by atoms with Crippen molar-refractivity contribution in [2.75, 3.05) is 18.0 Å². The SMILES string of the molecule is Cc1cccc2c1N(CC(=O)NCc1ccc(F)cc1)C(=O)[C@@H]1CCCN1C2=O. The predicted molar refractivity (Wildman–Crippen MR) is 106 cm³/mol. The normalized spacial score (nSPS) is 18.3. The summed E-state index contributed by atoms with van der Waals surface area (Å²) in [6, 6.07) is 10.7. The smallest absolute Gasteiger partial charge is 0.256 e. The van der Waals surface area contributed by atoms with Gasteiger partial charge in [-0.3, -0.25) is 14.4 Å². The van der Waals surface area contributed by atoms with E-state index in [0.717, 1.165) is 17.5 Å². The quantitative estimate of drug-likeness (QED) is 0.864. The summed E-state index contributed by atoms with van der Waals surface area (Å²) >= 11 is 0. The zero-order chi connectivity index (χ0) is 20.5. The summed E-state index contributed by atoms with van der Waals surface area (Å²) in [4.78, 5) is 41.9. The van der Waals surface area contributed by atoms with Crippen LogP contribution in [0.25, 0.3) is 0 Å². The van der Waals surface area contributed by atoms with Crippen LogP contribution in [-0.2, 0) is 16.1 Å². The third kappa shape index (κ3) is 3.60. The van der Waals surface area contributed by atoms with Crippen LogP contribution in [0.15, 0.2) is 42.5 Å². The Morgan fingerprint density at radius 1 is 1.17 bits per heavy atom. The molecule has 7 heteroatoms. The molecule has 0 aliphatic carbocycles. The Labute approximate surface area is 168 Å². The van der Waals surface area contributed by atoms with E-state index in [9.17, 15) is 18.8 Å². The zero-order valence-corrected chi connectivity index (χ0v) is 16.2. The number of para-hydroxylation sites is 1. The molecule has 2 aromatic carbocycles. The molecule has 0 aromatic heterocycles. The lowest BCUT2D eigenvalue weighted by Crippen LogP contribution is -2.48. The fourth-order valence-corrected chi connectivity index (χ4v) is 4.06. The van der Waals surface area contributed by atoms with Crippen molar-refractivity contribution < 1.29 is 18.8 Å². The first-order chi connectivity index (χ1) is 14.0. The van der Waals surface area contributed by atoms with Gasteiger partial charge in [0.25, 0.3) is 5.91 Å². The number of rotatable bonds is 4. The Bertz CT molecular complexity index is 974. The second-order valence-corrected chi connectivity index (χ2v) is 7.46. The van der Waals surface area contributed by atoms with Crippen molar-refractivity contribution in [3.63, 3.8) is 0 Å². The molecule has 1 N–H and O–H groups in total. The summed E-state index contributed by atoms with van der Waals surface area (Å²) in [6.07, 6.45) is 1.37. The highest BCUT2D eigenvalue weighted by molar-refractivity contribution is 6.13. The second kappa shape index (κ2) is 7.66. The molecular formula is C22H22FN3O3. The number of halogens is 1. The number of carbonyl (C=O) groups is 3. The number of benzene rings is 2. The minimum atomic E-state index is -0.529. The molecule has 1 atom stereocenters. The van der Waals surface area contributed by atoms with E-state index >= 15 is 0 Å². The molecule has 29 heavy (non-hydrogen) atoms. The Morgan fingerprint density at radius 3 is 2.69 bits per heavy atom. The number of nitrogens with one attached hydrogen (secondary N) is 1. The predicted octanol–water partition coefficient (Wildman–Crippen LogP) is 2.40. The third-order valence-corrected chi connectivity index (χ3v) is 5.51. The van der Waals surface area contributed by atoms with E-state index in [1.165, 1.54) is 17.0 Å². The van der Waals surface area contributed by atoms with Crippen LogP contribution in [0.3, 0.4) is 0 Å². The highest BCUT2D eigenvalue weighted by Gasteiger charge is 2.42. The fraction of sp³-hybridized carbons (Fsp3) is 0.318. The van der Waals surface area contributed by atoms with Crippen molar-refractivity contribution in [2.24, 2.45) is 0 Å². The third-order valence-electron chi connectivity index (χ3n) is 5.51. The molecule has 0 radical (unpaired) electrons. The van der Waals surface area contributed by atoms with Crippen LogP contribution in [0.5, 0.6) is 0 Å². The van der Waals surface area contributed by atoms with E-state index in [-0.39, 0.29) is 36.6 Å². The minimum absolute atomic E-state index is 0.159. The molecule has 2 heterocycles. The van der Waals surface area contributed by atoms with Gasteiger partial charge in [-0.2, -0.15) is 0 Å². The first-order valence-electron chi connectivity index (χ1n) is 9.69. The van der Waals surface area contributed by atoms with Gasteiger partial charge in [0, 0.05) is 13.1 Å². The van der Waals surface area contributed by atoms with Crippen LogP contribution < -0.4 is 10.2 Å². The molecule has 2 aliphatic heterocycles. The van der Waals surface area contributed by atoms with Gasteiger partial charge in [0.15, 0.2) is 0 Å². The average molecular weight is 395 g/mol. The summed E-state index contributed by atoms with van der Waals surface area (Å²) < 4.78 is 13.0. The number of hydrogen-bond donors (Lipinski definition) is 1. The Kier molecular flexibility index (Phi) is 5.05. The molecule has 2 aromatic rings. The van der Waals surface area contributed by atoms with E-state index < -0.39 is 6.04 Å². The van der Waals surface area contributed by atoms with Gasteiger partial charge in [0.2, 0.25) is 11.8 Å². The lowest BCUT2D eigenvalue weighted by molar-refractivity contribution is -0.125. The van der Waals surface area contributed by atoms with Gasteiger partial charge in [0.05, 0.1) is 11.3 Å². The number of hydrogen-bond acceptors (Lipinski definition) is 3. The maximum atomic E-state index is 13.2. The van der Waals surface area contributed by atoms with E-state index in [4.69, 9.17) is 0 Å². The number of anilines is 1. The summed E-state index contributed by atoms with van der Waals surface area (Å²) in [5.74, 6) is -1.06. The topological polar surface area (TPSA) is 69.7 Å². The van der Waals surface area contributed by atoms with Gasteiger partial charge in [-0.1, -0.05) is 24.3 Å². The van der Waals surface area contributed by atoms with Gasteiger partial charge >= 0.3 is 0 Å². The maximum Gasteiger partial charge on any atom is 0.256 e. The zero-order valence-electron chi connectivity index (χ0n) is 16.2. The van der Waals surface area contributed by atoms with Gasteiger partial charge in [-0.15, -0.1) is 0 Å². The van der Waals surface area contributed by atoms with Crippen molar-refractivity contribution in [1.82, 2.24) is 10.2 Å². The molecule has 0 unspecified atom stereocenters. The first-order valence-corrected chi connectivity index (χ1v) is 9.69. The summed E-state index contributed by atoms with van der Waals surface area (Å²) in [7, 11) is 0. The first kappa shape index (κ1) is 19.1. The number of aryl methyl sites for hydroxylation is 1. The van der Waals surface area contributed by atoms with Crippen molar-refractivity contribution >= 4 is 23.4 Å². The summed E-state index contributed by atoms with van der Waals surface area (Å²) in [5.41, 5.74) is 2.50. The molecule has 6 nitrogen and oxygen atoms in total. The molecule has 2 aliphatic rings. The average Bonchev–Trinajstić information content (AvgIpc) is 3.18. The van der Waals surface area contributed by atoms with E-state index in [2.05, 4.69) is 5.32 Å². The van der Waals surface area contributed by atoms with Crippen LogP contribution in [0, 0.1) is 12.7 Å². The van der Waals surface area contributed by atoms with Crippen molar-refractivity contribution in [3.8, 4) is 0 Å². The molecule has 1 fully saturated rings. The van der Waals surface area contributed by atoms with E-state index in [1.54, 1.807) is 29.2 Å². The van der Waals surface area contributed by atoms with Gasteiger partial charge < -0.3 is 15.1 Å². The number of nitrogens with zero attached hydrogens (tertiary/aromatic N) is 2. The molecule has 150 valence electrons. The molecule has 1 saturated heterocycles. The molecule has 0 saturated carbocycles. The van der Waals surface area contributed by atoms with Crippen LogP contribution in [-0.4, -0.2) is 41.8 Å². The summed E-state index contributed by atoms with van der Waals surface area (Å²) in [6.45, 7) is 2.44. The molecule has 0 bridgehead atoms. The molecule has 0 spiro atoms. The standard InChI is InChI=1S/C22H22FN3O3/c1-14-4-2-5-17-20(14)26(22(29)18-6-3-11-25(18)21(17)28)13-19(27)24-12-15-7-9-16(23)10-8-15/h2,4-5,7-10,18H,3,6,11-13H2,1H3,(H,24,27)/t18-/m0/s1. The second-order valence-electron chi connectivity index (χ2n) is 7.46. The lowest BCUT2D eigenvalue weighted by Gasteiger charge is -2.26. The Morgan fingerprint density at radius 2 is 1.93 bits per heavy atom. The van der Waals surface area contributed by atoms with Gasteiger partial charge in [-0.25, -0.2) is 4.39 Å². The van der Waals surface area contributed by atoms with Gasteiger partial charge in [-0.05, 0) is 49.1 Å². The monoisotopic (exact) mass is 395 g/mol. The highest BCUT2D eigenvalue weighted by Crippen LogP contribution is 2.34. The van der Waals surface area contributed by atoms with E-state index in [0.29, 0.717) is 24.2 Å². The van der Waals surface area contributed by atoms with Gasteiger partial charge in [0.1, 0.15) is 18.4 Å². The number of carbonyl (C=O) groups excluding carboxylic acids is 3. The van der Waals surface area contributed by atoms with Crippen molar-refractivity contribution in [1.29, 1.82) is 0 Å². The molecule has 4 rings (SSSR count). The van der Waals surface area contributed by atoms with Crippen molar-refractivity contribution in [3.05, 3.63) is 65.0 Å². The minimum Gasteiger partial charge on any atom is -0.350 e. The van der Waals surface area contributed by atoms with Crippen LogP contribution in [0.4, 0.5) is 10.1 Å². The largest absolute Gasteiger partial charge is 0.350 e. The van der Waals surface area contributed by atoms with Crippen molar-refractivity contribution in [2.45, 2.75) is 32.4 Å². The number of amides is 3. The molecule has 3 amide bonds. The van der Waals surface area contributed by atoms with Crippen LogP contribution in [0.2, 0.25) is 0 Å². The maximum absolute atomic E-state index is 13.2. The fourth-order valence-electron chi connectivity index (χ4n) is 4.06. The Hall–Kier alpha value is -3.22. The summed E-state index contributed by atoms with van der Waals surface area (Å²) in [5, 5.41) is 2.77. The molecular weight excluding hydrogens is 373 g/mol.